The van der Waals surface area contributed by atoms with Crippen LogP contribution in [0.4, 0.5) is 17.1 Å². The van der Waals surface area contributed by atoms with Crippen LogP contribution >= 0.6 is 12.2 Å². The highest BCUT2D eigenvalue weighted by molar-refractivity contribution is 7.92. The first kappa shape index (κ1) is 19.9. The molecule has 3 aromatic rings. The van der Waals surface area contributed by atoms with Crippen LogP contribution in [0.1, 0.15) is 11.1 Å². The molecule has 0 radical (unpaired) electrons. The van der Waals surface area contributed by atoms with E-state index >= 15 is 0 Å². The SMILES string of the molecule is Cc1ccc(NS(=O)(=O)c2ccc(NC(=S)Nc3ccccc3)cc2)c(C)c1. The Morgan fingerprint density at radius 3 is 2.04 bits per heavy atom. The molecular weight excluding hydrogens is 390 g/mol. The van der Waals surface area contributed by atoms with E-state index in [1.165, 1.54) is 0 Å². The molecule has 0 fully saturated rings. The van der Waals surface area contributed by atoms with Gasteiger partial charge in [-0.3, -0.25) is 4.72 Å². The summed E-state index contributed by atoms with van der Waals surface area (Å²) in [4.78, 5) is 0.181. The van der Waals surface area contributed by atoms with Crippen LogP contribution < -0.4 is 15.4 Å². The molecule has 3 aromatic carbocycles. The molecular formula is C21H21N3O2S2. The van der Waals surface area contributed by atoms with Crippen LogP contribution in [0.5, 0.6) is 0 Å². The number of rotatable bonds is 5. The highest BCUT2D eigenvalue weighted by atomic mass is 32.2. The molecule has 0 spiro atoms. The number of thiocarbonyl (C=S) groups is 1. The second-order valence-corrected chi connectivity index (χ2v) is 8.48. The fraction of sp³-hybridized carbons (Fsp3) is 0.0952. The van der Waals surface area contributed by atoms with Crippen LogP contribution in [0.15, 0.2) is 77.7 Å². The largest absolute Gasteiger partial charge is 0.332 e. The minimum absolute atomic E-state index is 0.181. The number of hydrogen-bond donors (Lipinski definition) is 3. The van der Waals surface area contributed by atoms with Crippen LogP contribution in [0.3, 0.4) is 0 Å². The summed E-state index contributed by atoms with van der Waals surface area (Å²) in [7, 11) is -3.67. The van der Waals surface area contributed by atoms with E-state index in [0.717, 1.165) is 16.8 Å². The molecule has 7 heteroatoms. The molecule has 0 bridgehead atoms. The van der Waals surface area contributed by atoms with E-state index in [2.05, 4.69) is 15.4 Å². The van der Waals surface area contributed by atoms with Crippen molar-refractivity contribution < 1.29 is 8.42 Å². The zero-order valence-corrected chi connectivity index (χ0v) is 17.2. The number of hydrogen-bond acceptors (Lipinski definition) is 3. The monoisotopic (exact) mass is 411 g/mol. The minimum Gasteiger partial charge on any atom is -0.332 e. The maximum Gasteiger partial charge on any atom is 0.261 e. The molecule has 0 heterocycles. The van der Waals surface area contributed by atoms with Gasteiger partial charge in [0.15, 0.2) is 5.11 Å². The van der Waals surface area contributed by atoms with Gasteiger partial charge in [0.1, 0.15) is 0 Å². The zero-order chi connectivity index (χ0) is 20.1. The van der Waals surface area contributed by atoms with E-state index in [1.54, 1.807) is 30.3 Å². The number of aryl methyl sites for hydroxylation is 2. The molecule has 144 valence electrons. The average Bonchev–Trinajstić information content (AvgIpc) is 2.65. The molecule has 0 aromatic heterocycles. The number of anilines is 3. The smallest absolute Gasteiger partial charge is 0.261 e. The summed E-state index contributed by atoms with van der Waals surface area (Å²) in [5, 5.41) is 6.53. The summed E-state index contributed by atoms with van der Waals surface area (Å²) in [6.45, 7) is 3.84. The van der Waals surface area contributed by atoms with Crippen molar-refractivity contribution in [2.75, 3.05) is 15.4 Å². The first-order valence-electron chi connectivity index (χ1n) is 8.67. The highest BCUT2D eigenvalue weighted by Crippen LogP contribution is 2.22. The van der Waals surface area contributed by atoms with E-state index in [-0.39, 0.29) is 4.90 Å². The Morgan fingerprint density at radius 2 is 1.43 bits per heavy atom. The second kappa shape index (κ2) is 8.41. The number of benzene rings is 3. The molecule has 0 amide bonds. The van der Waals surface area contributed by atoms with Crippen molar-refractivity contribution in [2.45, 2.75) is 18.7 Å². The van der Waals surface area contributed by atoms with Crippen molar-refractivity contribution >= 4 is 44.4 Å². The summed E-state index contributed by atoms with van der Waals surface area (Å²) in [5.41, 5.74) is 4.09. The molecule has 3 N–H and O–H groups in total. The molecule has 0 saturated heterocycles. The number of nitrogens with one attached hydrogen (secondary N) is 3. The van der Waals surface area contributed by atoms with Crippen LogP contribution in [0.2, 0.25) is 0 Å². The summed E-state index contributed by atoms with van der Waals surface area (Å²) in [6.07, 6.45) is 0. The normalized spacial score (nSPS) is 10.9. The lowest BCUT2D eigenvalue weighted by atomic mass is 10.1. The van der Waals surface area contributed by atoms with Gasteiger partial charge in [-0.15, -0.1) is 0 Å². The van der Waals surface area contributed by atoms with Gasteiger partial charge in [-0.1, -0.05) is 35.9 Å². The van der Waals surface area contributed by atoms with Gasteiger partial charge in [0.2, 0.25) is 0 Å². The van der Waals surface area contributed by atoms with Gasteiger partial charge in [0, 0.05) is 11.4 Å². The summed E-state index contributed by atoms with van der Waals surface area (Å²) < 4.78 is 27.9. The van der Waals surface area contributed by atoms with Crippen LogP contribution in [0, 0.1) is 13.8 Å². The third-order valence-corrected chi connectivity index (χ3v) is 5.67. The Balaban J connectivity index is 1.68. The van der Waals surface area contributed by atoms with Gasteiger partial charge in [-0.25, -0.2) is 8.42 Å². The van der Waals surface area contributed by atoms with Gasteiger partial charge in [0.25, 0.3) is 10.0 Å². The Morgan fingerprint density at radius 1 is 0.821 bits per heavy atom. The first-order chi connectivity index (χ1) is 13.3. The maximum absolute atomic E-state index is 12.6. The lowest BCUT2D eigenvalue weighted by Gasteiger charge is -2.13. The molecule has 5 nitrogen and oxygen atoms in total. The zero-order valence-electron chi connectivity index (χ0n) is 15.6. The van der Waals surface area contributed by atoms with Crippen molar-refractivity contribution in [2.24, 2.45) is 0 Å². The standard InChI is InChI=1S/C21H21N3O2S2/c1-15-8-13-20(16(2)14-15)24-28(25,26)19-11-9-18(10-12-19)23-21(27)22-17-6-4-3-5-7-17/h3-14,24H,1-2H3,(H2,22,23,27). The van der Waals surface area contributed by atoms with Crippen molar-refractivity contribution in [3.63, 3.8) is 0 Å². The van der Waals surface area contributed by atoms with Crippen molar-refractivity contribution in [1.82, 2.24) is 0 Å². The molecule has 0 unspecified atom stereocenters. The Kier molecular flexibility index (Phi) is 5.96. The molecule has 0 aliphatic rings. The van der Waals surface area contributed by atoms with Gasteiger partial charge in [0.05, 0.1) is 10.6 Å². The maximum atomic E-state index is 12.6. The Labute approximate surface area is 170 Å². The molecule has 0 atom stereocenters. The molecule has 3 rings (SSSR count). The number of sulfonamides is 1. The number of para-hydroxylation sites is 1. The van der Waals surface area contributed by atoms with E-state index in [0.29, 0.717) is 16.5 Å². The summed E-state index contributed by atoms with van der Waals surface area (Å²) in [6, 6.07) is 21.6. The van der Waals surface area contributed by atoms with Crippen LogP contribution in [0.25, 0.3) is 0 Å². The predicted octanol–water partition coefficient (Wildman–Crippen LogP) is 4.91. The van der Waals surface area contributed by atoms with Gasteiger partial charge in [-0.05, 0) is 74.1 Å². The highest BCUT2D eigenvalue weighted by Gasteiger charge is 2.15. The van der Waals surface area contributed by atoms with Crippen molar-refractivity contribution in [3.05, 3.63) is 83.9 Å². The van der Waals surface area contributed by atoms with Gasteiger partial charge < -0.3 is 10.6 Å². The first-order valence-corrected chi connectivity index (χ1v) is 10.6. The fourth-order valence-electron chi connectivity index (χ4n) is 2.66. The van der Waals surface area contributed by atoms with Crippen LogP contribution in [-0.2, 0) is 10.0 Å². The van der Waals surface area contributed by atoms with Crippen molar-refractivity contribution in [3.8, 4) is 0 Å². The quantitative estimate of drug-likeness (QED) is 0.520. The minimum atomic E-state index is -3.67. The lowest BCUT2D eigenvalue weighted by Crippen LogP contribution is -2.19. The topological polar surface area (TPSA) is 70.2 Å². The van der Waals surface area contributed by atoms with Crippen LogP contribution in [-0.4, -0.2) is 13.5 Å². The molecule has 0 aliphatic heterocycles. The fourth-order valence-corrected chi connectivity index (χ4v) is 4.03. The van der Waals surface area contributed by atoms with Crippen molar-refractivity contribution in [1.29, 1.82) is 0 Å². The van der Waals surface area contributed by atoms with Gasteiger partial charge in [-0.2, -0.15) is 0 Å². The third-order valence-electron chi connectivity index (χ3n) is 4.08. The van der Waals surface area contributed by atoms with Gasteiger partial charge >= 0.3 is 0 Å². The van der Waals surface area contributed by atoms with E-state index in [1.807, 2.05) is 56.3 Å². The predicted molar refractivity (Wildman–Crippen MR) is 119 cm³/mol. The van der Waals surface area contributed by atoms with E-state index in [9.17, 15) is 8.42 Å². The summed E-state index contributed by atoms with van der Waals surface area (Å²) in [5.74, 6) is 0. The van der Waals surface area contributed by atoms with E-state index < -0.39 is 10.0 Å². The Hall–Kier alpha value is -2.90. The second-order valence-electron chi connectivity index (χ2n) is 6.39. The lowest BCUT2D eigenvalue weighted by molar-refractivity contribution is 0.601. The van der Waals surface area contributed by atoms with E-state index in [4.69, 9.17) is 12.2 Å². The Bertz CT molecular complexity index is 1080. The third kappa shape index (κ3) is 5.09. The molecule has 0 aliphatic carbocycles. The average molecular weight is 412 g/mol. The molecule has 28 heavy (non-hydrogen) atoms. The summed E-state index contributed by atoms with van der Waals surface area (Å²) >= 11 is 5.28. The molecule has 0 saturated carbocycles.